The zero-order valence-corrected chi connectivity index (χ0v) is 35.1. The van der Waals surface area contributed by atoms with Crippen molar-refractivity contribution in [2.75, 3.05) is 0 Å². The zero-order chi connectivity index (χ0) is 42.4. The molecule has 11 aromatic carbocycles. The van der Waals surface area contributed by atoms with Gasteiger partial charge in [-0.15, -0.1) is 0 Å². The predicted octanol–water partition coefficient (Wildman–Crippen LogP) is 17.1. The van der Waals surface area contributed by atoms with Crippen LogP contribution in [0.3, 0.4) is 0 Å². The lowest BCUT2D eigenvalue weighted by atomic mass is 9.70. The molecule has 2 aliphatic carbocycles. The lowest BCUT2D eigenvalue weighted by Gasteiger charge is -2.30. The Labute approximate surface area is 374 Å². The van der Waals surface area contributed by atoms with Crippen molar-refractivity contribution in [3.05, 3.63) is 241 Å². The van der Waals surface area contributed by atoms with Gasteiger partial charge < -0.3 is 8.83 Å². The second-order valence-electron chi connectivity index (χ2n) is 17.7. The first-order valence-corrected chi connectivity index (χ1v) is 22.5. The molecule has 2 aromatic heterocycles. The van der Waals surface area contributed by atoms with Crippen molar-refractivity contribution < 1.29 is 8.83 Å². The normalized spacial score (nSPS) is 13.4. The maximum Gasteiger partial charge on any atom is 0.144 e. The fourth-order valence-corrected chi connectivity index (χ4v) is 12.2. The van der Waals surface area contributed by atoms with Gasteiger partial charge in [-0.25, -0.2) is 0 Å². The van der Waals surface area contributed by atoms with Crippen molar-refractivity contribution in [2.45, 2.75) is 5.41 Å². The van der Waals surface area contributed by atoms with E-state index in [2.05, 4.69) is 212 Å². The first-order valence-electron chi connectivity index (χ1n) is 22.5. The van der Waals surface area contributed by atoms with Gasteiger partial charge in [0.05, 0.1) is 5.41 Å². The van der Waals surface area contributed by atoms with Crippen LogP contribution in [0.1, 0.15) is 22.3 Å². The minimum absolute atomic E-state index is 0.391. The van der Waals surface area contributed by atoms with Gasteiger partial charge in [-0.2, -0.15) is 0 Å². The lowest BCUT2D eigenvalue weighted by Crippen LogP contribution is -2.25. The van der Waals surface area contributed by atoms with Gasteiger partial charge >= 0.3 is 0 Å². The van der Waals surface area contributed by atoms with E-state index in [1.54, 1.807) is 0 Å². The summed E-state index contributed by atoms with van der Waals surface area (Å²) < 4.78 is 13.8. The first-order chi connectivity index (χ1) is 32.3. The molecule has 13 aromatic rings. The third-order valence-electron chi connectivity index (χ3n) is 14.7. The molecule has 300 valence electrons. The van der Waals surface area contributed by atoms with Gasteiger partial charge in [-0.3, -0.25) is 0 Å². The highest BCUT2D eigenvalue weighted by atomic mass is 16.3. The van der Waals surface area contributed by atoms with Crippen molar-refractivity contribution in [3.63, 3.8) is 0 Å². The average Bonchev–Trinajstić information content (AvgIpc) is 4.11. The van der Waals surface area contributed by atoms with Gasteiger partial charge in [0, 0.05) is 38.2 Å². The highest BCUT2D eigenvalue weighted by Gasteiger charge is 2.51. The molecular weight excluding hydrogens is 789 g/mol. The van der Waals surface area contributed by atoms with Crippen LogP contribution in [-0.2, 0) is 5.41 Å². The van der Waals surface area contributed by atoms with Crippen LogP contribution in [0, 0.1) is 0 Å². The Morgan fingerprint density at radius 1 is 0.292 bits per heavy atom. The van der Waals surface area contributed by atoms with E-state index in [1.165, 1.54) is 82.7 Å². The molecule has 0 unspecified atom stereocenters. The maximum absolute atomic E-state index is 7.33. The molecule has 0 bridgehead atoms. The van der Waals surface area contributed by atoms with Gasteiger partial charge in [-0.05, 0) is 107 Å². The van der Waals surface area contributed by atoms with Crippen LogP contribution in [0.5, 0.6) is 0 Å². The summed E-state index contributed by atoms with van der Waals surface area (Å²) in [6.45, 7) is 0. The Bertz CT molecular complexity index is 4090. The quantitative estimate of drug-likeness (QED) is 0.166. The van der Waals surface area contributed by atoms with Crippen LogP contribution in [0.2, 0.25) is 0 Å². The van der Waals surface area contributed by atoms with E-state index in [1.807, 2.05) is 6.07 Å². The number of hydrogen-bond donors (Lipinski definition) is 0. The molecule has 2 nitrogen and oxygen atoms in total. The molecule has 0 saturated heterocycles. The molecule has 1 spiro atoms. The van der Waals surface area contributed by atoms with Crippen molar-refractivity contribution in [1.82, 2.24) is 0 Å². The highest BCUT2D eigenvalue weighted by molar-refractivity contribution is 6.27. The molecule has 0 radical (unpaired) electrons. The number of para-hydroxylation sites is 1. The SMILES string of the molecule is c1ccc2c(c1)-c1ccccc1C21c2ccccc2-c2cc(-c3c4ccccc4c(-c4c(-c5cccc6oc7ccccc7c56)oc5c4ccc4ccccc45)c4ccccc34)ccc21. The van der Waals surface area contributed by atoms with Crippen molar-refractivity contribution in [2.24, 2.45) is 0 Å². The van der Waals surface area contributed by atoms with Crippen molar-refractivity contribution in [1.29, 1.82) is 0 Å². The summed E-state index contributed by atoms with van der Waals surface area (Å²) >= 11 is 0. The Balaban J connectivity index is 1.04. The monoisotopic (exact) mass is 824 g/mol. The molecule has 2 heteroatoms. The van der Waals surface area contributed by atoms with E-state index in [-0.39, 0.29) is 0 Å². The zero-order valence-electron chi connectivity index (χ0n) is 35.1. The number of rotatable bonds is 3. The average molecular weight is 825 g/mol. The Hall–Kier alpha value is -8.46. The fraction of sp³-hybridized carbons (Fsp3) is 0.0159. The van der Waals surface area contributed by atoms with E-state index in [4.69, 9.17) is 8.83 Å². The summed E-state index contributed by atoms with van der Waals surface area (Å²) in [4.78, 5) is 0. The van der Waals surface area contributed by atoms with Crippen molar-refractivity contribution >= 4 is 65.2 Å². The van der Waals surface area contributed by atoms with E-state index in [9.17, 15) is 0 Å². The molecule has 65 heavy (non-hydrogen) atoms. The van der Waals surface area contributed by atoms with Gasteiger partial charge in [0.15, 0.2) is 0 Å². The second kappa shape index (κ2) is 12.8. The topological polar surface area (TPSA) is 26.3 Å². The van der Waals surface area contributed by atoms with E-state index in [0.717, 1.165) is 60.6 Å². The standard InChI is InChI=1S/C63H36O2/c1-2-17-39-37(16-1)32-34-49-60(62(65-61(39)49)48-26-15-31-56-58(48)47-25-10-14-30-55(47)64-56)59-45-23-5-3-21-43(45)57(44-22-4-6-24-46(44)59)38-33-35-54-50(36-38)42-20-9-13-29-53(42)63(54)51-27-11-7-18-40(51)41-19-8-12-28-52(41)63/h1-36H. The third kappa shape index (κ3) is 4.48. The number of hydrogen-bond acceptors (Lipinski definition) is 2. The van der Waals surface area contributed by atoms with E-state index in [0.29, 0.717) is 0 Å². The van der Waals surface area contributed by atoms with Gasteiger partial charge in [0.25, 0.3) is 0 Å². The maximum atomic E-state index is 7.33. The largest absolute Gasteiger partial charge is 0.456 e. The minimum atomic E-state index is -0.391. The van der Waals surface area contributed by atoms with Gasteiger partial charge in [0.1, 0.15) is 22.5 Å². The molecule has 0 amide bonds. The van der Waals surface area contributed by atoms with Crippen LogP contribution in [0.15, 0.2) is 227 Å². The van der Waals surface area contributed by atoms with Crippen LogP contribution < -0.4 is 0 Å². The summed E-state index contributed by atoms with van der Waals surface area (Å²) in [5, 5.41) is 10.2. The van der Waals surface area contributed by atoms with Gasteiger partial charge in [0.2, 0.25) is 0 Å². The summed E-state index contributed by atoms with van der Waals surface area (Å²) in [5.41, 5.74) is 18.5. The minimum Gasteiger partial charge on any atom is -0.456 e. The smallest absolute Gasteiger partial charge is 0.144 e. The molecule has 0 fully saturated rings. The van der Waals surface area contributed by atoms with Gasteiger partial charge in [-0.1, -0.05) is 194 Å². The summed E-state index contributed by atoms with van der Waals surface area (Å²) in [6, 6.07) is 80.2. The molecular formula is C63H36O2. The molecule has 0 aliphatic heterocycles. The number of furan rings is 2. The Kier molecular flexibility index (Phi) is 6.91. The molecule has 0 N–H and O–H groups in total. The van der Waals surface area contributed by atoms with Crippen LogP contribution in [0.25, 0.3) is 121 Å². The predicted molar refractivity (Wildman–Crippen MR) is 269 cm³/mol. The molecule has 0 atom stereocenters. The summed E-state index contributed by atoms with van der Waals surface area (Å²) in [5.74, 6) is 0.841. The fourth-order valence-electron chi connectivity index (χ4n) is 12.2. The lowest BCUT2D eigenvalue weighted by molar-refractivity contribution is 0.636. The van der Waals surface area contributed by atoms with Crippen molar-refractivity contribution in [3.8, 4) is 55.8 Å². The summed E-state index contributed by atoms with van der Waals surface area (Å²) in [7, 11) is 0. The van der Waals surface area contributed by atoms with Crippen LogP contribution >= 0.6 is 0 Å². The molecule has 0 saturated carbocycles. The Morgan fingerprint density at radius 3 is 1.48 bits per heavy atom. The van der Waals surface area contributed by atoms with Crippen LogP contribution in [0.4, 0.5) is 0 Å². The third-order valence-corrected chi connectivity index (χ3v) is 14.7. The molecule has 2 aliphatic rings. The van der Waals surface area contributed by atoms with Crippen LogP contribution in [-0.4, -0.2) is 0 Å². The van der Waals surface area contributed by atoms with E-state index < -0.39 is 5.41 Å². The molecule has 15 rings (SSSR count). The summed E-state index contributed by atoms with van der Waals surface area (Å²) in [6.07, 6.45) is 0. The second-order valence-corrected chi connectivity index (χ2v) is 17.7. The number of benzene rings is 11. The Morgan fingerprint density at radius 2 is 0.800 bits per heavy atom. The number of fused-ring (bicyclic) bond motifs is 18. The molecule has 2 heterocycles. The first kappa shape index (κ1) is 35.1. The van der Waals surface area contributed by atoms with E-state index >= 15 is 0 Å². The highest BCUT2D eigenvalue weighted by Crippen LogP contribution is 2.63.